The molecule has 47 heavy (non-hydrogen) atoms. The number of amides is 3. The smallest absolute Gasteiger partial charge is 0.272 e. The summed E-state index contributed by atoms with van der Waals surface area (Å²) in [7, 11) is -2.46. The number of sulfonamides is 1. The summed E-state index contributed by atoms with van der Waals surface area (Å²) in [5, 5.41) is 10.6. The first-order valence-electron chi connectivity index (χ1n) is 15.9. The molecule has 0 aliphatic carbocycles. The minimum Gasteiger partial charge on any atom is -0.356 e. The standard InChI is InChI=1S/C34H43ClN6O5S/c1-21-18-29(22(2)17-24(21)35)47(45,46)41-26-10-8-7-9-25(26)37-32(43)27(41)20-31(42)36-14-11-23-12-15-40(16-13-23)33(44)28-19-30(34(3,4)5)38-39(28)6/h7-10,17-19,23,27H,11-16,20H2,1-6H3,(H,36,42)(H,37,43). The minimum atomic E-state index is -4.26. The Balaban J connectivity index is 1.21. The highest BCUT2D eigenvalue weighted by atomic mass is 35.5. The fourth-order valence-electron chi connectivity index (χ4n) is 6.16. The number of likely N-dealkylation sites (tertiary alicyclic amines) is 1. The number of nitrogens with one attached hydrogen (secondary N) is 2. The lowest BCUT2D eigenvalue weighted by atomic mass is 9.92. The molecule has 0 saturated carbocycles. The molecule has 11 nitrogen and oxygen atoms in total. The minimum absolute atomic E-state index is 0.0252. The van der Waals surface area contributed by atoms with Gasteiger partial charge in [0, 0.05) is 37.1 Å². The van der Waals surface area contributed by atoms with E-state index in [1.54, 1.807) is 55.9 Å². The van der Waals surface area contributed by atoms with Crippen molar-refractivity contribution in [3.05, 3.63) is 70.0 Å². The van der Waals surface area contributed by atoms with E-state index in [-0.39, 0.29) is 22.6 Å². The zero-order valence-electron chi connectivity index (χ0n) is 27.8. The van der Waals surface area contributed by atoms with Crippen LogP contribution in [0.15, 0.2) is 47.4 Å². The van der Waals surface area contributed by atoms with Crippen molar-refractivity contribution in [3.8, 4) is 0 Å². The van der Waals surface area contributed by atoms with E-state index in [0.717, 1.165) is 22.8 Å². The zero-order chi connectivity index (χ0) is 34.3. The van der Waals surface area contributed by atoms with Crippen molar-refractivity contribution in [2.75, 3.05) is 29.3 Å². The molecule has 0 radical (unpaired) electrons. The predicted molar refractivity (Wildman–Crippen MR) is 182 cm³/mol. The Hall–Kier alpha value is -3.90. The van der Waals surface area contributed by atoms with Crippen molar-refractivity contribution in [1.29, 1.82) is 0 Å². The molecule has 252 valence electrons. The number of aryl methyl sites for hydroxylation is 3. The molecule has 1 fully saturated rings. The Morgan fingerprint density at radius 2 is 1.74 bits per heavy atom. The lowest BCUT2D eigenvalue weighted by Gasteiger charge is -2.37. The van der Waals surface area contributed by atoms with Crippen molar-refractivity contribution in [1.82, 2.24) is 20.0 Å². The molecule has 0 spiro atoms. The number of carbonyl (C=O) groups excluding carboxylic acids is 3. The zero-order valence-corrected chi connectivity index (χ0v) is 29.3. The van der Waals surface area contributed by atoms with Gasteiger partial charge >= 0.3 is 0 Å². The second-order valence-electron chi connectivity index (χ2n) is 13.6. The number of piperidine rings is 1. The average Bonchev–Trinajstić information content (AvgIpc) is 3.41. The van der Waals surface area contributed by atoms with E-state index in [2.05, 4.69) is 36.5 Å². The Morgan fingerprint density at radius 1 is 1.06 bits per heavy atom. The Morgan fingerprint density at radius 3 is 2.40 bits per heavy atom. The van der Waals surface area contributed by atoms with Crippen LogP contribution in [0.4, 0.5) is 11.4 Å². The molecule has 1 unspecified atom stereocenters. The predicted octanol–water partition coefficient (Wildman–Crippen LogP) is 4.95. The Bertz CT molecular complexity index is 1810. The van der Waals surface area contributed by atoms with Gasteiger partial charge in [-0.1, -0.05) is 44.5 Å². The number of carbonyl (C=O) groups is 3. The molecule has 2 aliphatic rings. The van der Waals surface area contributed by atoms with Gasteiger partial charge in [-0.15, -0.1) is 0 Å². The average molecular weight is 683 g/mol. The summed E-state index contributed by atoms with van der Waals surface area (Å²) in [5.41, 5.74) is 2.97. The first kappa shape index (κ1) is 34.4. The molecule has 5 rings (SSSR count). The monoisotopic (exact) mass is 682 g/mol. The normalized spacial score (nSPS) is 17.3. The van der Waals surface area contributed by atoms with E-state index in [4.69, 9.17) is 11.6 Å². The van der Waals surface area contributed by atoms with Crippen LogP contribution in [-0.2, 0) is 32.1 Å². The quantitative estimate of drug-likeness (QED) is 0.345. The van der Waals surface area contributed by atoms with Crippen LogP contribution in [0.1, 0.15) is 73.8 Å². The first-order valence-corrected chi connectivity index (χ1v) is 17.7. The molecule has 13 heteroatoms. The van der Waals surface area contributed by atoms with E-state index in [0.29, 0.717) is 65.2 Å². The van der Waals surface area contributed by atoms with Crippen LogP contribution in [0, 0.1) is 19.8 Å². The highest BCUT2D eigenvalue weighted by Crippen LogP contribution is 2.38. The number of hydrogen-bond acceptors (Lipinski definition) is 6. The number of halogens is 1. The van der Waals surface area contributed by atoms with Crippen LogP contribution >= 0.6 is 11.6 Å². The number of nitrogens with zero attached hydrogens (tertiary/aromatic N) is 4. The number of benzene rings is 2. The number of aromatic nitrogens is 2. The van der Waals surface area contributed by atoms with Gasteiger partial charge in [0.2, 0.25) is 11.8 Å². The maximum Gasteiger partial charge on any atom is 0.272 e. The van der Waals surface area contributed by atoms with E-state index in [1.807, 2.05) is 11.0 Å². The van der Waals surface area contributed by atoms with Gasteiger partial charge in [0.1, 0.15) is 11.7 Å². The van der Waals surface area contributed by atoms with Gasteiger partial charge in [0.25, 0.3) is 15.9 Å². The maximum atomic E-state index is 14.2. The number of anilines is 2. The van der Waals surface area contributed by atoms with Crippen LogP contribution in [-0.4, -0.2) is 66.5 Å². The molecule has 3 aromatic rings. The van der Waals surface area contributed by atoms with Gasteiger partial charge in [-0.2, -0.15) is 5.10 Å². The van der Waals surface area contributed by atoms with Crippen molar-refractivity contribution >= 4 is 50.7 Å². The molecule has 2 aliphatic heterocycles. The van der Waals surface area contributed by atoms with E-state index < -0.39 is 27.9 Å². The molecule has 1 aromatic heterocycles. The highest BCUT2D eigenvalue weighted by Gasteiger charge is 2.42. The van der Waals surface area contributed by atoms with Crippen LogP contribution in [0.2, 0.25) is 5.02 Å². The van der Waals surface area contributed by atoms with Gasteiger partial charge in [0.15, 0.2) is 0 Å². The molecule has 0 bridgehead atoms. The van der Waals surface area contributed by atoms with Crippen LogP contribution in [0.5, 0.6) is 0 Å². The van der Waals surface area contributed by atoms with Crippen LogP contribution in [0.3, 0.4) is 0 Å². The van der Waals surface area contributed by atoms with Crippen LogP contribution < -0.4 is 14.9 Å². The fourth-order valence-corrected chi connectivity index (χ4v) is 8.30. The Kier molecular flexibility index (Phi) is 9.75. The van der Waals surface area contributed by atoms with Gasteiger partial charge in [0.05, 0.1) is 28.4 Å². The Labute approximate surface area is 281 Å². The molecule has 2 aromatic carbocycles. The number of rotatable bonds is 8. The van der Waals surface area contributed by atoms with E-state index >= 15 is 0 Å². The third kappa shape index (κ3) is 7.18. The first-order chi connectivity index (χ1) is 22.1. The van der Waals surface area contributed by atoms with Crippen molar-refractivity contribution in [2.24, 2.45) is 13.0 Å². The molecule has 1 saturated heterocycles. The third-order valence-electron chi connectivity index (χ3n) is 9.00. The molecular weight excluding hydrogens is 640 g/mol. The number of para-hydroxylation sites is 2. The van der Waals surface area contributed by atoms with E-state index in [9.17, 15) is 22.8 Å². The summed E-state index contributed by atoms with van der Waals surface area (Å²) in [4.78, 5) is 41.6. The van der Waals surface area contributed by atoms with Crippen molar-refractivity contribution in [2.45, 2.75) is 76.7 Å². The van der Waals surface area contributed by atoms with E-state index in [1.165, 1.54) is 6.07 Å². The van der Waals surface area contributed by atoms with Gasteiger partial charge in [-0.25, -0.2) is 8.42 Å². The molecule has 2 N–H and O–H groups in total. The summed E-state index contributed by atoms with van der Waals surface area (Å²) in [6, 6.07) is 10.3. The molecule has 3 amide bonds. The summed E-state index contributed by atoms with van der Waals surface area (Å²) in [6.45, 7) is 11.2. The largest absolute Gasteiger partial charge is 0.356 e. The van der Waals surface area contributed by atoms with Crippen molar-refractivity contribution in [3.63, 3.8) is 0 Å². The lowest BCUT2D eigenvalue weighted by Crippen LogP contribution is -2.53. The number of hydrogen-bond donors (Lipinski definition) is 2. The SMILES string of the molecule is Cc1cc(S(=O)(=O)N2c3ccccc3NC(=O)C2CC(=O)NCCC2CCN(C(=O)c3cc(C(C)(C)C)nn3C)CC2)c(C)cc1Cl. The van der Waals surface area contributed by atoms with Crippen molar-refractivity contribution < 1.29 is 22.8 Å². The van der Waals surface area contributed by atoms with Gasteiger partial charge < -0.3 is 15.5 Å². The maximum absolute atomic E-state index is 14.2. The topological polar surface area (TPSA) is 134 Å². The van der Waals surface area contributed by atoms with Crippen LogP contribution in [0.25, 0.3) is 0 Å². The number of fused-ring (bicyclic) bond motifs is 1. The molecule has 1 atom stereocenters. The van der Waals surface area contributed by atoms with Gasteiger partial charge in [-0.3, -0.25) is 23.4 Å². The lowest BCUT2D eigenvalue weighted by molar-refractivity contribution is -0.125. The summed E-state index contributed by atoms with van der Waals surface area (Å²) in [5.74, 6) is -0.718. The van der Waals surface area contributed by atoms with Gasteiger partial charge in [-0.05, 0) is 80.5 Å². The molecule has 3 heterocycles. The molecular formula is C34H43ClN6O5S. The fraction of sp³-hybridized carbons (Fsp3) is 0.471. The summed E-state index contributed by atoms with van der Waals surface area (Å²) in [6.07, 6.45) is 1.97. The summed E-state index contributed by atoms with van der Waals surface area (Å²) < 4.78 is 31.0. The summed E-state index contributed by atoms with van der Waals surface area (Å²) >= 11 is 6.25. The second kappa shape index (κ2) is 13.3. The second-order valence-corrected chi connectivity index (χ2v) is 15.7. The third-order valence-corrected chi connectivity index (χ3v) is 11.4. The highest BCUT2D eigenvalue weighted by molar-refractivity contribution is 7.93.